The van der Waals surface area contributed by atoms with E-state index < -0.39 is 18.1 Å². The second-order valence-electron chi connectivity index (χ2n) is 0.940. The van der Waals surface area contributed by atoms with E-state index in [9.17, 15) is 0 Å². The van der Waals surface area contributed by atoms with E-state index in [1.54, 1.807) is 0 Å². The van der Waals surface area contributed by atoms with Gasteiger partial charge in [-0.25, -0.2) is 13.6 Å². The molecule has 0 rings (SSSR count). The summed E-state index contributed by atoms with van der Waals surface area (Å²) < 4.78 is 35.1. The molecule has 0 unspecified atom stereocenters. The molecule has 0 atom stereocenters. The van der Waals surface area contributed by atoms with Crippen molar-refractivity contribution in [2.24, 2.45) is 5.14 Å². The van der Waals surface area contributed by atoms with Crippen molar-refractivity contribution < 1.29 is 32.2 Å². The van der Waals surface area contributed by atoms with E-state index in [0.29, 0.717) is 0 Å². The van der Waals surface area contributed by atoms with Crippen LogP contribution in [0.2, 0.25) is 0 Å². The molecule has 0 heterocycles. The highest BCUT2D eigenvalue weighted by molar-refractivity contribution is 7.83. The molecule has 0 aromatic carbocycles. The van der Waals surface area contributed by atoms with Crippen LogP contribution in [0.15, 0.2) is 0 Å². The standard InChI is InChI=1S/H3NO3S.H3O4P/c2*1-5(2,3)4/h2*(H3,1,2,3,4)/p-4. The van der Waals surface area contributed by atoms with Gasteiger partial charge < -0.3 is 23.8 Å². The van der Waals surface area contributed by atoms with Gasteiger partial charge in [0.2, 0.25) is 0 Å². The molecule has 0 aromatic heterocycles. The summed E-state index contributed by atoms with van der Waals surface area (Å²) in [7, 11) is -9.81. The minimum atomic E-state index is -5.39. The molecule has 0 spiro atoms. The van der Waals surface area contributed by atoms with Crippen molar-refractivity contribution in [2.75, 3.05) is 0 Å². The number of nitrogens with two attached hydrogens (primary N) is 1. The predicted molar refractivity (Wildman–Crippen MR) is 21.5 cm³/mol. The van der Waals surface area contributed by atoms with Crippen LogP contribution in [0.3, 0.4) is 0 Å². The Kier molecular flexibility index (Phi) is 5.04. The van der Waals surface area contributed by atoms with Gasteiger partial charge in [-0.05, 0) is 0 Å². The van der Waals surface area contributed by atoms with Crippen LogP contribution in [-0.2, 0) is 14.9 Å². The Labute approximate surface area is 56.4 Å². The molecule has 0 aliphatic rings. The first kappa shape index (κ1) is 12.6. The van der Waals surface area contributed by atoms with Gasteiger partial charge >= 0.3 is 0 Å². The molecule has 0 radical (unpaired) electrons. The fourth-order valence-corrected chi connectivity index (χ4v) is 0. The molecule has 64 valence electrons. The second kappa shape index (κ2) is 3.98. The summed E-state index contributed by atoms with van der Waals surface area (Å²) in [5, 5.41) is 3.77. The molecule has 2 N–H and O–H groups in total. The second-order valence-corrected chi connectivity index (χ2v) is 2.82. The molecular formula is H2NO7PS-4. The van der Waals surface area contributed by atoms with Gasteiger partial charge in [0, 0.05) is 0 Å². The van der Waals surface area contributed by atoms with E-state index in [-0.39, 0.29) is 0 Å². The maximum Gasteiger partial charge on any atom is 0.156 e. The molecule has 0 amide bonds. The largest absolute Gasteiger partial charge is 0.822 e. The Morgan fingerprint density at radius 3 is 1.20 bits per heavy atom. The minimum Gasteiger partial charge on any atom is -0.822 e. The van der Waals surface area contributed by atoms with Gasteiger partial charge in [0.25, 0.3) is 0 Å². The third kappa shape index (κ3) is 972000. The normalized spacial score (nSPS) is 11.7. The van der Waals surface area contributed by atoms with Crippen molar-refractivity contribution in [3.8, 4) is 0 Å². The maximum atomic E-state index is 8.85. The molecule has 0 saturated carbocycles. The zero-order valence-electron chi connectivity index (χ0n) is 4.29. The summed E-state index contributed by atoms with van der Waals surface area (Å²) in [6.45, 7) is 0. The highest BCUT2D eigenvalue weighted by atomic mass is 32.2. The lowest BCUT2D eigenvalue weighted by atomic mass is 13.9. The fraction of sp³-hybridized carbons (Fsp3) is 0. The van der Waals surface area contributed by atoms with Gasteiger partial charge in [0.05, 0.1) is 0 Å². The van der Waals surface area contributed by atoms with Gasteiger partial charge in [-0.1, -0.05) is 0 Å². The predicted octanol–water partition coefficient (Wildman–Crippen LogP) is -4.42. The number of phosphoric acid groups is 1. The van der Waals surface area contributed by atoms with Crippen molar-refractivity contribution in [1.29, 1.82) is 0 Å². The summed E-state index contributed by atoms with van der Waals surface area (Å²) in [5.41, 5.74) is 0. The molecule has 0 aliphatic heterocycles. The zero-order valence-corrected chi connectivity index (χ0v) is 6.00. The average Bonchev–Trinajstić information content (AvgIpc) is 1.12. The lowest BCUT2D eigenvalue weighted by molar-refractivity contribution is -0.432. The Morgan fingerprint density at radius 2 is 1.20 bits per heavy atom. The van der Waals surface area contributed by atoms with Crippen molar-refractivity contribution in [3.05, 3.63) is 0 Å². The van der Waals surface area contributed by atoms with Crippen molar-refractivity contribution in [3.63, 3.8) is 0 Å². The first-order chi connectivity index (χ1) is 4.00. The smallest absolute Gasteiger partial charge is 0.156 e. The summed E-state index contributed by atoms with van der Waals surface area (Å²) >= 11 is 0. The van der Waals surface area contributed by atoms with E-state index in [0.717, 1.165) is 0 Å². The van der Waals surface area contributed by atoms with Crippen LogP contribution in [-0.4, -0.2) is 13.0 Å². The van der Waals surface area contributed by atoms with Crippen LogP contribution >= 0.6 is 7.82 Å². The van der Waals surface area contributed by atoms with Gasteiger partial charge in [-0.3, -0.25) is 0 Å². The van der Waals surface area contributed by atoms with Gasteiger partial charge in [-0.2, -0.15) is 7.82 Å². The Bertz CT molecular complexity index is 191. The summed E-state index contributed by atoms with van der Waals surface area (Å²) in [4.78, 5) is 25.6. The molecule has 10 heteroatoms. The summed E-state index contributed by atoms with van der Waals surface area (Å²) in [6.07, 6.45) is 0. The molecule has 0 saturated heterocycles. The molecule has 10 heavy (non-hydrogen) atoms. The molecule has 0 aliphatic carbocycles. The summed E-state index contributed by atoms with van der Waals surface area (Å²) in [5.74, 6) is 0. The quantitative estimate of drug-likeness (QED) is 0.297. The Morgan fingerprint density at radius 1 is 1.20 bits per heavy atom. The molecule has 0 aromatic rings. The fourth-order valence-electron chi connectivity index (χ4n) is 0. The SMILES string of the molecule is NS(=O)(=O)[O-].O=P([O-])([O-])[O-]. The van der Waals surface area contributed by atoms with Crippen LogP contribution < -0.4 is 19.8 Å². The average molecular weight is 191 g/mol. The Hall–Kier alpha value is -0.0200. The zero-order chi connectivity index (χ0) is 9.00. The first-order valence-corrected chi connectivity index (χ1v) is 4.40. The molecule has 0 fully saturated rings. The highest BCUT2D eigenvalue weighted by Crippen LogP contribution is 2.03. The van der Waals surface area contributed by atoms with Crippen LogP contribution in [0.4, 0.5) is 0 Å². The van der Waals surface area contributed by atoms with Crippen LogP contribution in [0.1, 0.15) is 0 Å². The van der Waals surface area contributed by atoms with E-state index in [1.807, 2.05) is 0 Å². The van der Waals surface area contributed by atoms with E-state index in [1.165, 1.54) is 0 Å². The first-order valence-electron chi connectivity index (χ1n) is 1.47. The van der Waals surface area contributed by atoms with Gasteiger partial charge in [0.1, 0.15) is 0 Å². The van der Waals surface area contributed by atoms with Gasteiger partial charge in [-0.15, -0.1) is 0 Å². The lowest BCUT2D eigenvalue weighted by Crippen LogP contribution is -2.24. The van der Waals surface area contributed by atoms with Crippen LogP contribution in [0, 0.1) is 0 Å². The number of hydrogen-bond donors (Lipinski definition) is 1. The summed E-state index contributed by atoms with van der Waals surface area (Å²) in [6, 6.07) is 0. The number of rotatable bonds is 0. The monoisotopic (exact) mass is 191 g/mol. The lowest BCUT2D eigenvalue weighted by Gasteiger charge is -2.36. The van der Waals surface area contributed by atoms with Crippen LogP contribution in [0.5, 0.6) is 0 Å². The Balaban J connectivity index is 0. The topological polar surface area (TPSA) is 169 Å². The van der Waals surface area contributed by atoms with Crippen molar-refractivity contribution in [1.82, 2.24) is 0 Å². The maximum absolute atomic E-state index is 8.85. The van der Waals surface area contributed by atoms with E-state index >= 15 is 0 Å². The molecular weight excluding hydrogens is 189 g/mol. The molecule has 8 nitrogen and oxygen atoms in total. The third-order valence-corrected chi connectivity index (χ3v) is 0. The van der Waals surface area contributed by atoms with Crippen molar-refractivity contribution in [2.45, 2.75) is 0 Å². The number of hydrogen-bond acceptors (Lipinski definition) is 7. The van der Waals surface area contributed by atoms with Gasteiger partial charge in [0.15, 0.2) is 10.3 Å². The van der Waals surface area contributed by atoms with Crippen LogP contribution in [0.25, 0.3) is 0 Å². The van der Waals surface area contributed by atoms with Crippen molar-refractivity contribution >= 4 is 18.1 Å². The van der Waals surface area contributed by atoms with E-state index in [4.69, 9.17) is 32.2 Å². The third-order valence-electron chi connectivity index (χ3n) is 0. The molecule has 0 bridgehead atoms. The van der Waals surface area contributed by atoms with E-state index in [2.05, 4.69) is 5.14 Å². The minimum absolute atomic E-state index is 3.77. The highest BCUT2D eigenvalue weighted by Gasteiger charge is 1.64.